The Morgan fingerprint density at radius 3 is 3.21 bits per heavy atom. The summed E-state index contributed by atoms with van der Waals surface area (Å²) in [5.41, 5.74) is 0.691. The van der Waals surface area contributed by atoms with Crippen molar-refractivity contribution >= 4 is 0 Å². The molecule has 0 N–H and O–H groups in total. The quantitative estimate of drug-likeness (QED) is 0.529. The van der Waals surface area contributed by atoms with E-state index in [1.165, 1.54) is 32.2 Å². The zero-order valence-corrected chi connectivity index (χ0v) is 8.95. The van der Waals surface area contributed by atoms with Gasteiger partial charge in [0, 0.05) is 18.6 Å². The lowest BCUT2D eigenvalue weighted by atomic mass is 9.61. The van der Waals surface area contributed by atoms with E-state index in [9.17, 15) is 0 Å². The molecule has 4 bridgehead atoms. The van der Waals surface area contributed by atoms with Gasteiger partial charge in [0.25, 0.3) is 0 Å². The Balaban J connectivity index is 1.84. The van der Waals surface area contributed by atoms with Gasteiger partial charge in [-0.05, 0) is 36.5 Å². The van der Waals surface area contributed by atoms with Gasteiger partial charge in [-0.15, -0.1) is 0 Å². The van der Waals surface area contributed by atoms with Crippen LogP contribution in [0.15, 0.2) is 12.2 Å². The van der Waals surface area contributed by atoms with Crippen molar-refractivity contribution in [1.29, 1.82) is 0 Å². The first-order valence-corrected chi connectivity index (χ1v) is 6.22. The molecule has 0 aromatic rings. The molecule has 3 heterocycles. The highest BCUT2D eigenvalue weighted by Gasteiger charge is 2.63. The topological polar surface area (TPSA) is 3.24 Å². The van der Waals surface area contributed by atoms with Gasteiger partial charge in [0.2, 0.25) is 0 Å². The highest BCUT2D eigenvalue weighted by Crippen LogP contribution is 2.61. The van der Waals surface area contributed by atoms with Crippen molar-refractivity contribution in [2.75, 3.05) is 6.54 Å². The van der Waals surface area contributed by atoms with Crippen LogP contribution in [0.25, 0.3) is 0 Å². The van der Waals surface area contributed by atoms with Gasteiger partial charge in [-0.2, -0.15) is 0 Å². The SMILES string of the molecule is C[C@]12CCC[C@H]3[C@@H]1[C@@H]1CC=C[C@H]3N1C2. The van der Waals surface area contributed by atoms with Crippen molar-refractivity contribution in [2.24, 2.45) is 17.3 Å². The summed E-state index contributed by atoms with van der Waals surface area (Å²) in [6, 6.07) is 1.77. The number of hydrogen-bond donors (Lipinski definition) is 0. The van der Waals surface area contributed by atoms with Crippen molar-refractivity contribution in [3.63, 3.8) is 0 Å². The summed E-state index contributed by atoms with van der Waals surface area (Å²) < 4.78 is 0. The molecule has 0 aromatic carbocycles. The van der Waals surface area contributed by atoms with E-state index < -0.39 is 0 Å². The summed E-state index contributed by atoms with van der Waals surface area (Å²) in [4.78, 5) is 2.83. The highest BCUT2D eigenvalue weighted by molar-refractivity contribution is 5.23. The molecule has 6 atom stereocenters. The molecule has 14 heavy (non-hydrogen) atoms. The predicted octanol–water partition coefficient (Wildman–Crippen LogP) is 2.44. The third-order valence-corrected chi connectivity index (χ3v) is 5.47. The van der Waals surface area contributed by atoms with Crippen molar-refractivity contribution < 1.29 is 0 Å². The van der Waals surface area contributed by atoms with Crippen LogP contribution < -0.4 is 0 Å². The standard InChI is InChI=1S/C13H19N/c1-13-7-3-4-9-10-5-2-6-11(12(9)13)14(10)8-13/h2,5,9-12H,3-4,6-8H2,1H3/t9-,10-,11+,12-,13-/m1/s1. The summed E-state index contributed by atoms with van der Waals surface area (Å²) in [6.45, 7) is 3.95. The fraction of sp³-hybridized carbons (Fsp3) is 0.846. The normalized spacial score (nSPS) is 63.4. The molecule has 2 saturated heterocycles. The Labute approximate surface area is 86.2 Å². The van der Waals surface area contributed by atoms with Gasteiger partial charge >= 0.3 is 0 Å². The van der Waals surface area contributed by atoms with Crippen molar-refractivity contribution in [1.82, 2.24) is 4.90 Å². The van der Waals surface area contributed by atoms with Gasteiger partial charge in [-0.3, -0.25) is 4.90 Å². The summed E-state index contributed by atoms with van der Waals surface area (Å²) in [5, 5.41) is 0. The van der Waals surface area contributed by atoms with Gasteiger partial charge in [-0.1, -0.05) is 25.5 Å². The van der Waals surface area contributed by atoms with Crippen LogP contribution in [0.2, 0.25) is 0 Å². The third kappa shape index (κ3) is 0.701. The van der Waals surface area contributed by atoms with Gasteiger partial charge < -0.3 is 0 Å². The minimum absolute atomic E-state index is 0.691. The highest BCUT2D eigenvalue weighted by atomic mass is 15.3. The smallest absolute Gasteiger partial charge is 0.0313 e. The predicted molar refractivity (Wildman–Crippen MR) is 57.0 cm³/mol. The van der Waals surface area contributed by atoms with Crippen LogP contribution in [0.5, 0.6) is 0 Å². The first-order valence-electron chi connectivity index (χ1n) is 6.22. The maximum absolute atomic E-state index is 2.83. The fourth-order valence-electron chi connectivity index (χ4n) is 5.13. The van der Waals surface area contributed by atoms with Gasteiger partial charge in [0.15, 0.2) is 0 Å². The summed E-state index contributed by atoms with van der Waals surface area (Å²) in [7, 11) is 0. The van der Waals surface area contributed by atoms with E-state index in [2.05, 4.69) is 24.0 Å². The second-order valence-electron chi connectivity index (χ2n) is 6.13. The Hall–Kier alpha value is -0.300. The van der Waals surface area contributed by atoms with Gasteiger partial charge in [-0.25, -0.2) is 0 Å². The summed E-state index contributed by atoms with van der Waals surface area (Å²) in [6.07, 6.45) is 10.8. The van der Waals surface area contributed by atoms with Crippen LogP contribution in [-0.4, -0.2) is 23.5 Å². The van der Waals surface area contributed by atoms with E-state index in [-0.39, 0.29) is 0 Å². The molecule has 0 aromatic heterocycles. The van der Waals surface area contributed by atoms with E-state index in [1.54, 1.807) is 0 Å². The lowest BCUT2D eigenvalue weighted by Gasteiger charge is -2.46. The van der Waals surface area contributed by atoms with Crippen molar-refractivity contribution in [3.8, 4) is 0 Å². The van der Waals surface area contributed by atoms with E-state index in [4.69, 9.17) is 0 Å². The number of fused-ring (bicyclic) bond motifs is 1. The minimum Gasteiger partial charge on any atom is -0.293 e. The van der Waals surface area contributed by atoms with Crippen LogP contribution >= 0.6 is 0 Å². The molecular formula is C13H19N. The molecule has 1 aliphatic carbocycles. The second kappa shape index (κ2) is 2.27. The molecule has 0 radical (unpaired) electrons. The fourth-order valence-corrected chi connectivity index (χ4v) is 5.13. The second-order valence-corrected chi connectivity index (χ2v) is 6.13. The molecule has 0 amide bonds. The van der Waals surface area contributed by atoms with Crippen LogP contribution in [0.4, 0.5) is 0 Å². The molecule has 1 nitrogen and oxygen atoms in total. The number of hydrogen-bond acceptors (Lipinski definition) is 1. The lowest BCUT2D eigenvalue weighted by Crippen LogP contribution is -2.46. The molecule has 3 aliphatic heterocycles. The summed E-state index contributed by atoms with van der Waals surface area (Å²) >= 11 is 0. The Morgan fingerprint density at radius 2 is 2.36 bits per heavy atom. The maximum Gasteiger partial charge on any atom is 0.0313 e. The lowest BCUT2D eigenvalue weighted by molar-refractivity contribution is 0.0522. The molecule has 3 fully saturated rings. The molecule has 4 aliphatic rings. The Bertz CT molecular complexity index is 308. The van der Waals surface area contributed by atoms with E-state index in [0.29, 0.717) is 5.41 Å². The van der Waals surface area contributed by atoms with Gasteiger partial charge in [0.05, 0.1) is 0 Å². The average Bonchev–Trinajstić information content (AvgIpc) is 2.51. The third-order valence-electron chi connectivity index (χ3n) is 5.47. The maximum atomic E-state index is 2.83. The molecule has 1 saturated carbocycles. The molecule has 4 rings (SSSR count). The molecule has 76 valence electrons. The summed E-state index contributed by atoms with van der Waals surface area (Å²) in [5.74, 6) is 2.06. The number of rotatable bonds is 0. The van der Waals surface area contributed by atoms with E-state index in [0.717, 1.165) is 23.9 Å². The molecule has 1 heteroatoms. The number of nitrogens with zero attached hydrogens (tertiary/aromatic N) is 1. The number of piperidine rings is 1. The van der Waals surface area contributed by atoms with E-state index in [1.807, 2.05) is 0 Å². The van der Waals surface area contributed by atoms with Crippen LogP contribution in [-0.2, 0) is 0 Å². The minimum atomic E-state index is 0.691. The zero-order chi connectivity index (χ0) is 9.34. The molecular weight excluding hydrogens is 170 g/mol. The van der Waals surface area contributed by atoms with Crippen molar-refractivity contribution in [3.05, 3.63) is 12.2 Å². The average molecular weight is 189 g/mol. The molecule has 1 unspecified atom stereocenters. The first-order chi connectivity index (χ1) is 6.80. The Kier molecular flexibility index (Phi) is 1.28. The van der Waals surface area contributed by atoms with Crippen molar-refractivity contribution in [2.45, 2.75) is 44.7 Å². The van der Waals surface area contributed by atoms with Gasteiger partial charge in [0.1, 0.15) is 0 Å². The van der Waals surface area contributed by atoms with Crippen LogP contribution in [0.1, 0.15) is 32.6 Å². The first kappa shape index (κ1) is 7.92. The van der Waals surface area contributed by atoms with E-state index >= 15 is 0 Å². The zero-order valence-electron chi connectivity index (χ0n) is 8.95. The van der Waals surface area contributed by atoms with Crippen LogP contribution in [0.3, 0.4) is 0 Å². The largest absolute Gasteiger partial charge is 0.293 e. The monoisotopic (exact) mass is 189 g/mol. The molecule has 0 spiro atoms. The Morgan fingerprint density at radius 1 is 1.43 bits per heavy atom. The van der Waals surface area contributed by atoms with Crippen LogP contribution in [0, 0.1) is 17.3 Å².